The van der Waals surface area contributed by atoms with Gasteiger partial charge in [0.2, 0.25) is 0 Å². The van der Waals surface area contributed by atoms with Crippen molar-refractivity contribution < 1.29 is 0 Å². The van der Waals surface area contributed by atoms with Crippen LogP contribution in [0.25, 0.3) is 11.0 Å². The summed E-state index contributed by atoms with van der Waals surface area (Å²) < 4.78 is 2.38. The fraction of sp³-hybridized carbons (Fsp3) is 0.571. The molecule has 0 spiro atoms. The van der Waals surface area contributed by atoms with Gasteiger partial charge in [0.25, 0.3) is 0 Å². The second-order valence-corrected chi connectivity index (χ2v) is 5.12. The van der Waals surface area contributed by atoms with Crippen molar-refractivity contribution in [2.24, 2.45) is 0 Å². The third kappa shape index (κ3) is 1.81. The Balaban J connectivity index is 2.12. The number of hydrogen-bond donors (Lipinski definition) is 1. The molecule has 18 heavy (non-hydrogen) atoms. The molecule has 2 unspecified atom stereocenters. The van der Waals surface area contributed by atoms with E-state index in [0.717, 1.165) is 25.0 Å². The number of imidazole rings is 1. The first-order chi connectivity index (χ1) is 8.81. The number of rotatable bonds is 3. The summed E-state index contributed by atoms with van der Waals surface area (Å²) in [5.41, 5.74) is 2.25. The Morgan fingerprint density at radius 2 is 2.39 bits per heavy atom. The monoisotopic (exact) mass is 244 g/mol. The van der Waals surface area contributed by atoms with Gasteiger partial charge in [-0.25, -0.2) is 4.98 Å². The van der Waals surface area contributed by atoms with E-state index in [9.17, 15) is 0 Å². The SMILES string of the molecule is CCCn1c(C2CCNC2C)nc2cnccc21. The number of aryl methyl sites for hydroxylation is 1. The van der Waals surface area contributed by atoms with Crippen molar-refractivity contribution in [2.75, 3.05) is 6.54 Å². The number of pyridine rings is 1. The van der Waals surface area contributed by atoms with E-state index in [1.54, 1.807) is 0 Å². The van der Waals surface area contributed by atoms with Crippen molar-refractivity contribution >= 4 is 11.0 Å². The normalized spacial score (nSPS) is 23.9. The zero-order valence-corrected chi connectivity index (χ0v) is 11.1. The van der Waals surface area contributed by atoms with Gasteiger partial charge in [0.05, 0.1) is 11.7 Å². The predicted octanol–water partition coefficient (Wildman–Crippen LogP) is 2.31. The van der Waals surface area contributed by atoms with Gasteiger partial charge in [-0.05, 0) is 32.4 Å². The van der Waals surface area contributed by atoms with Crippen LogP contribution in [0.2, 0.25) is 0 Å². The van der Waals surface area contributed by atoms with Crippen LogP contribution in [-0.4, -0.2) is 27.1 Å². The maximum Gasteiger partial charge on any atom is 0.114 e. The summed E-state index contributed by atoms with van der Waals surface area (Å²) >= 11 is 0. The van der Waals surface area contributed by atoms with E-state index >= 15 is 0 Å². The van der Waals surface area contributed by atoms with E-state index < -0.39 is 0 Å². The van der Waals surface area contributed by atoms with Gasteiger partial charge in [-0.15, -0.1) is 0 Å². The number of nitrogens with zero attached hydrogens (tertiary/aromatic N) is 3. The van der Waals surface area contributed by atoms with Crippen molar-refractivity contribution in [3.8, 4) is 0 Å². The Morgan fingerprint density at radius 1 is 1.50 bits per heavy atom. The van der Waals surface area contributed by atoms with Gasteiger partial charge in [0, 0.05) is 24.7 Å². The van der Waals surface area contributed by atoms with Crippen LogP contribution in [0.4, 0.5) is 0 Å². The molecule has 0 aliphatic carbocycles. The molecule has 2 aromatic heterocycles. The molecule has 2 atom stereocenters. The summed E-state index contributed by atoms with van der Waals surface area (Å²) in [4.78, 5) is 9.01. The average Bonchev–Trinajstić information content (AvgIpc) is 2.94. The number of fused-ring (bicyclic) bond motifs is 1. The zero-order chi connectivity index (χ0) is 12.5. The third-order valence-corrected chi connectivity index (χ3v) is 3.88. The quantitative estimate of drug-likeness (QED) is 0.901. The van der Waals surface area contributed by atoms with Gasteiger partial charge in [0.15, 0.2) is 0 Å². The fourth-order valence-electron chi connectivity index (χ4n) is 2.95. The van der Waals surface area contributed by atoms with Crippen molar-refractivity contribution in [1.82, 2.24) is 19.9 Å². The van der Waals surface area contributed by atoms with Gasteiger partial charge < -0.3 is 9.88 Å². The highest BCUT2D eigenvalue weighted by molar-refractivity contribution is 5.74. The minimum absolute atomic E-state index is 0.519. The van der Waals surface area contributed by atoms with Gasteiger partial charge >= 0.3 is 0 Å². The number of nitrogens with one attached hydrogen (secondary N) is 1. The summed E-state index contributed by atoms with van der Waals surface area (Å²) in [5, 5.41) is 3.51. The topological polar surface area (TPSA) is 42.7 Å². The molecular formula is C14H20N4. The van der Waals surface area contributed by atoms with Crippen molar-refractivity contribution in [2.45, 2.75) is 45.2 Å². The van der Waals surface area contributed by atoms with Crippen LogP contribution < -0.4 is 5.32 Å². The third-order valence-electron chi connectivity index (χ3n) is 3.88. The molecule has 0 aromatic carbocycles. The maximum absolute atomic E-state index is 4.82. The smallest absolute Gasteiger partial charge is 0.114 e. The second-order valence-electron chi connectivity index (χ2n) is 5.12. The van der Waals surface area contributed by atoms with Gasteiger partial charge in [-0.1, -0.05) is 6.92 Å². The van der Waals surface area contributed by atoms with Gasteiger partial charge in [0.1, 0.15) is 11.3 Å². The molecule has 1 aliphatic heterocycles. The van der Waals surface area contributed by atoms with E-state index in [2.05, 4.69) is 34.8 Å². The lowest BCUT2D eigenvalue weighted by Gasteiger charge is -2.16. The lowest BCUT2D eigenvalue weighted by Crippen LogP contribution is -2.23. The van der Waals surface area contributed by atoms with Gasteiger partial charge in [-0.3, -0.25) is 4.98 Å². The molecule has 4 nitrogen and oxygen atoms in total. The molecule has 2 aromatic rings. The van der Waals surface area contributed by atoms with Crippen LogP contribution in [0.1, 0.15) is 38.4 Å². The summed E-state index contributed by atoms with van der Waals surface area (Å²) in [6.45, 7) is 6.61. The minimum Gasteiger partial charge on any atom is -0.328 e. The van der Waals surface area contributed by atoms with Crippen LogP contribution >= 0.6 is 0 Å². The lowest BCUT2D eigenvalue weighted by molar-refractivity contribution is 0.532. The number of aromatic nitrogens is 3. The fourth-order valence-corrected chi connectivity index (χ4v) is 2.95. The van der Waals surface area contributed by atoms with E-state index in [0.29, 0.717) is 12.0 Å². The van der Waals surface area contributed by atoms with Gasteiger partial charge in [-0.2, -0.15) is 0 Å². The highest BCUT2D eigenvalue weighted by atomic mass is 15.1. The molecule has 0 bridgehead atoms. The molecule has 1 aliphatic rings. The molecule has 1 saturated heterocycles. The zero-order valence-electron chi connectivity index (χ0n) is 11.1. The number of hydrogen-bond acceptors (Lipinski definition) is 3. The lowest BCUT2D eigenvalue weighted by atomic mass is 10.0. The first kappa shape index (κ1) is 11.7. The molecule has 4 heteroatoms. The van der Waals surface area contributed by atoms with Crippen molar-refractivity contribution in [1.29, 1.82) is 0 Å². The standard InChI is InChI=1S/C14H20N4/c1-3-8-18-13-5-6-15-9-12(13)17-14(18)11-4-7-16-10(11)2/h5-6,9-11,16H,3-4,7-8H2,1-2H3. The highest BCUT2D eigenvalue weighted by Gasteiger charge is 2.29. The molecule has 0 amide bonds. The Morgan fingerprint density at radius 3 is 3.11 bits per heavy atom. The highest BCUT2D eigenvalue weighted by Crippen LogP contribution is 2.29. The summed E-state index contributed by atoms with van der Waals surface area (Å²) in [7, 11) is 0. The summed E-state index contributed by atoms with van der Waals surface area (Å²) in [6.07, 6.45) is 6.05. The van der Waals surface area contributed by atoms with E-state index in [1.807, 2.05) is 12.4 Å². The van der Waals surface area contributed by atoms with Crippen LogP contribution in [0.15, 0.2) is 18.5 Å². The summed E-state index contributed by atoms with van der Waals surface area (Å²) in [5.74, 6) is 1.77. The first-order valence-electron chi connectivity index (χ1n) is 6.84. The van der Waals surface area contributed by atoms with Crippen LogP contribution in [0, 0.1) is 0 Å². The average molecular weight is 244 g/mol. The second kappa shape index (κ2) is 4.69. The van der Waals surface area contributed by atoms with E-state index in [-0.39, 0.29) is 0 Å². The molecule has 1 N–H and O–H groups in total. The minimum atomic E-state index is 0.519. The Hall–Kier alpha value is -1.42. The van der Waals surface area contributed by atoms with E-state index in [1.165, 1.54) is 17.8 Å². The Kier molecular flexibility index (Phi) is 3.04. The molecule has 3 rings (SSSR count). The molecule has 0 saturated carbocycles. The molecular weight excluding hydrogens is 224 g/mol. The predicted molar refractivity (Wildman–Crippen MR) is 72.6 cm³/mol. The summed E-state index contributed by atoms with van der Waals surface area (Å²) in [6, 6.07) is 2.60. The van der Waals surface area contributed by atoms with Crippen LogP contribution in [0.3, 0.4) is 0 Å². The first-order valence-corrected chi connectivity index (χ1v) is 6.84. The molecule has 96 valence electrons. The largest absolute Gasteiger partial charge is 0.328 e. The molecule has 0 radical (unpaired) electrons. The van der Waals surface area contributed by atoms with Crippen LogP contribution in [0.5, 0.6) is 0 Å². The molecule has 1 fully saturated rings. The van der Waals surface area contributed by atoms with Crippen molar-refractivity contribution in [3.05, 3.63) is 24.3 Å². The Bertz CT molecular complexity index is 546. The maximum atomic E-state index is 4.82. The van der Waals surface area contributed by atoms with Crippen molar-refractivity contribution in [3.63, 3.8) is 0 Å². The Labute approximate surface area is 107 Å². The van der Waals surface area contributed by atoms with Crippen LogP contribution in [-0.2, 0) is 6.54 Å². The van der Waals surface area contributed by atoms with E-state index in [4.69, 9.17) is 4.98 Å². The molecule has 3 heterocycles.